The summed E-state index contributed by atoms with van der Waals surface area (Å²) < 4.78 is 7.41. The number of nitrogens with one attached hydrogen (secondary N) is 1. The molecule has 0 radical (unpaired) electrons. The number of esters is 1. The zero-order valence-corrected chi connectivity index (χ0v) is 17.7. The number of rotatable bonds is 6. The zero-order chi connectivity index (χ0) is 21.0. The van der Waals surface area contributed by atoms with Gasteiger partial charge in [0, 0.05) is 28.7 Å². The summed E-state index contributed by atoms with van der Waals surface area (Å²) in [6.45, 7) is 1.20. The summed E-state index contributed by atoms with van der Waals surface area (Å²) in [6, 6.07) is 11.1. The van der Waals surface area contributed by atoms with Gasteiger partial charge >= 0.3 is 5.97 Å². The number of carbonyl (C=O) groups excluding carboxylic acids is 2. The minimum absolute atomic E-state index is 0.108. The van der Waals surface area contributed by atoms with Crippen LogP contribution in [0.4, 0.5) is 0 Å². The molecule has 0 aliphatic heterocycles. The molecule has 0 unspecified atom stereocenters. The highest BCUT2D eigenvalue weighted by Gasteiger charge is 2.20. The summed E-state index contributed by atoms with van der Waals surface area (Å²) in [6.07, 6.45) is 1.50. The lowest BCUT2D eigenvalue weighted by atomic mass is 10.0. The monoisotopic (exact) mass is 477 g/mol. The second kappa shape index (κ2) is 9.19. The molecule has 3 aromatic rings. The first kappa shape index (κ1) is 21.0. The molecule has 0 saturated heterocycles. The number of amides is 1. The summed E-state index contributed by atoms with van der Waals surface area (Å²) in [5, 5.41) is 3.15. The predicted molar refractivity (Wildman–Crippen MR) is 112 cm³/mol. The molecule has 2 aromatic heterocycles. The molecule has 0 fully saturated rings. The van der Waals surface area contributed by atoms with Gasteiger partial charge in [0.2, 0.25) is 5.91 Å². The van der Waals surface area contributed by atoms with Gasteiger partial charge in [-0.05, 0) is 39.7 Å². The Labute approximate surface area is 179 Å². The Bertz CT molecular complexity index is 1130. The number of benzene rings is 1. The van der Waals surface area contributed by atoms with Crippen LogP contribution in [0.5, 0.6) is 0 Å². The first-order valence-electron chi connectivity index (χ1n) is 8.68. The summed E-state index contributed by atoms with van der Waals surface area (Å²) >= 11 is 9.49. The van der Waals surface area contributed by atoms with E-state index < -0.39 is 12.0 Å². The first-order valence-corrected chi connectivity index (χ1v) is 9.85. The molecule has 1 atom stereocenters. The van der Waals surface area contributed by atoms with E-state index in [4.69, 9.17) is 16.3 Å². The fourth-order valence-corrected chi connectivity index (χ4v) is 3.43. The molecule has 0 spiro atoms. The number of aromatic nitrogens is 2. The molecule has 3 rings (SSSR count). The maximum absolute atomic E-state index is 12.4. The average Bonchev–Trinajstić information content (AvgIpc) is 2.66. The molecule has 1 aromatic carbocycles. The number of pyridine rings is 1. The molecular formula is C20H17BrClN3O4. The van der Waals surface area contributed by atoms with Crippen LogP contribution in [-0.2, 0) is 20.9 Å². The number of carbonyl (C=O) groups is 2. The highest BCUT2D eigenvalue weighted by molar-refractivity contribution is 9.10. The lowest BCUT2D eigenvalue weighted by molar-refractivity contribution is -0.145. The normalized spacial score (nSPS) is 11.8. The van der Waals surface area contributed by atoms with E-state index in [0.717, 1.165) is 4.47 Å². The van der Waals surface area contributed by atoms with Crippen molar-refractivity contribution in [2.45, 2.75) is 26.0 Å². The number of ether oxygens (including phenoxy) is 1. The van der Waals surface area contributed by atoms with E-state index in [1.807, 2.05) is 0 Å². The van der Waals surface area contributed by atoms with Crippen LogP contribution in [0.25, 0.3) is 5.65 Å². The van der Waals surface area contributed by atoms with Crippen molar-refractivity contribution in [3.8, 4) is 0 Å². The van der Waals surface area contributed by atoms with Crippen LogP contribution in [-0.4, -0.2) is 21.3 Å². The van der Waals surface area contributed by atoms with Crippen LogP contribution in [0.15, 0.2) is 57.9 Å². The SMILES string of the molecule is CC(=O)N[C@@H](CC(=O)OCc1cc(=O)n2cc(Br)ccc2n1)c1ccccc1Cl. The Kier molecular flexibility index (Phi) is 6.66. The Morgan fingerprint density at radius 1 is 1.28 bits per heavy atom. The number of fused-ring (bicyclic) bond motifs is 1. The molecule has 1 amide bonds. The Hall–Kier alpha value is -2.71. The second-order valence-electron chi connectivity index (χ2n) is 6.30. The van der Waals surface area contributed by atoms with Gasteiger partial charge < -0.3 is 10.1 Å². The van der Waals surface area contributed by atoms with E-state index in [1.54, 1.807) is 42.6 Å². The summed E-state index contributed by atoms with van der Waals surface area (Å²) in [5.74, 6) is -0.848. The predicted octanol–water partition coefficient (Wildman–Crippen LogP) is 3.42. The van der Waals surface area contributed by atoms with Crippen LogP contribution in [0.3, 0.4) is 0 Å². The number of halogens is 2. The van der Waals surface area contributed by atoms with Gasteiger partial charge in [0.15, 0.2) is 0 Å². The third-order valence-corrected chi connectivity index (χ3v) is 4.90. The van der Waals surface area contributed by atoms with Crippen LogP contribution >= 0.6 is 27.5 Å². The number of nitrogens with zero attached hydrogens (tertiary/aromatic N) is 2. The van der Waals surface area contributed by atoms with Gasteiger partial charge in [-0.3, -0.25) is 18.8 Å². The van der Waals surface area contributed by atoms with E-state index >= 15 is 0 Å². The molecular weight excluding hydrogens is 462 g/mol. The third-order valence-electron chi connectivity index (χ3n) is 4.09. The molecule has 0 aliphatic carbocycles. The lowest BCUT2D eigenvalue weighted by Crippen LogP contribution is -2.29. The molecule has 150 valence electrons. The van der Waals surface area contributed by atoms with Crippen LogP contribution < -0.4 is 10.9 Å². The maximum atomic E-state index is 12.4. The Morgan fingerprint density at radius 2 is 2.03 bits per heavy atom. The fraction of sp³-hybridized carbons (Fsp3) is 0.200. The topological polar surface area (TPSA) is 89.8 Å². The van der Waals surface area contributed by atoms with Crippen molar-refractivity contribution in [3.63, 3.8) is 0 Å². The van der Waals surface area contributed by atoms with Crippen LogP contribution in [0.1, 0.15) is 30.6 Å². The minimum atomic E-state index is -0.624. The summed E-state index contributed by atoms with van der Waals surface area (Å²) in [5.41, 5.74) is 1.11. The van der Waals surface area contributed by atoms with Crippen molar-refractivity contribution in [3.05, 3.63) is 79.8 Å². The second-order valence-corrected chi connectivity index (χ2v) is 7.62. The number of hydrogen-bond acceptors (Lipinski definition) is 5. The van der Waals surface area contributed by atoms with Crippen molar-refractivity contribution in [2.75, 3.05) is 0 Å². The van der Waals surface area contributed by atoms with Gasteiger partial charge in [-0.15, -0.1) is 0 Å². The van der Waals surface area contributed by atoms with Gasteiger partial charge in [0.25, 0.3) is 5.56 Å². The molecule has 0 bridgehead atoms. The quantitative estimate of drug-likeness (QED) is 0.548. The maximum Gasteiger partial charge on any atom is 0.308 e. The average molecular weight is 479 g/mol. The molecule has 0 aliphatic rings. The molecule has 9 heteroatoms. The standard InChI is InChI=1S/C20H17BrClN3O4/c1-12(26)23-17(15-4-2-3-5-16(15)22)9-20(28)29-11-14-8-19(27)25-10-13(21)6-7-18(25)24-14/h2-8,10,17H,9,11H2,1H3,(H,23,26)/t17-/m0/s1. The summed E-state index contributed by atoms with van der Waals surface area (Å²) in [7, 11) is 0. The van der Waals surface area contributed by atoms with E-state index in [2.05, 4.69) is 26.2 Å². The van der Waals surface area contributed by atoms with E-state index in [-0.39, 0.29) is 24.5 Å². The summed E-state index contributed by atoms with van der Waals surface area (Å²) in [4.78, 5) is 40.4. The van der Waals surface area contributed by atoms with Gasteiger partial charge in [-0.25, -0.2) is 4.98 Å². The van der Waals surface area contributed by atoms with Gasteiger partial charge in [-0.1, -0.05) is 29.8 Å². The van der Waals surface area contributed by atoms with Crippen molar-refractivity contribution >= 4 is 45.1 Å². The van der Waals surface area contributed by atoms with Crippen molar-refractivity contribution in [1.82, 2.24) is 14.7 Å². The van der Waals surface area contributed by atoms with E-state index in [0.29, 0.717) is 21.9 Å². The molecule has 0 saturated carbocycles. The largest absolute Gasteiger partial charge is 0.459 e. The minimum Gasteiger partial charge on any atom is -0.459 e. The van der Waals surface area contributed by atoms with E-state index in [9.17, 15) is 14.4 Å². The number of hydrogen-bond donors (Lipinski definition) is 1. The van der Waals surface area contributed by atoms with Crippen molar-refractivity contribution in [2.24, 2.45) is 0 Å². The van der Waals surface area contributed by atoms with Gasteiger partial charge in [-0.2, -0.15) is 0 Å². The highest BCUT2D eigenvalue weighted by atomic mass is 79.9. The van der Waals surface area contributed by atoms with Crippen molar-refractivity contribution < 1.29 is 14.3 Å². The smallest absolute Gasteiger partial charge is 0.308 e. The van der Waals surface area contributed by atoms with Crippen LogP contribution in [0.2, 0.25) is 5.02 Å². The van der Waals surface area contributed by atoms with Crippen LogP contribution in [0, 0.1) is 0 Å². The zero-order valence-electron chi connectivity index (χ0n) is 15.4. The third kappa shape index (κ3) is 5.42. The molecule has 1 N–H and O–H groups in total. The van der Waals surface area contributed by atoms with Gasteiger partial charge in [0.05, 0.1) is 18.2 Å². The molecule has 7 nitrogen and oxygen atoms in total. The Morgan fingerprint density at radius 3 is 2.76 bits per heavy atom. The molecule has 2 heterocycles. The van der Waals surface area contributed by atoms with E-state index in [1.165, 1.54) is 17.4 Å². The Balaban J connectivity index is 1.71. The van der Waals surface area contributed by atoms with Crippen molar-refractivity contribution in [1.29, 1.82) is 0 Å². The molecule has 29 heavy (non-hydrogen) atoms. The fourth-order valence-electron chi connectivity index (χ4n) is 2.82. The lowest BCUT2D eigenvalue weighted by Gasteiger charge is -2.18. The highest BCUT2D eigenvalue weighted by Crippen LogP contribution is 2.25. The van der Waals surface area contributed by atoms with Gasteiger partial charge in [0.1, 0.15) is 12.3 Å². The first-order chi connectivity index (χ1) is 13.8.